The molecule has 7 heteroatoms. The predicted octanol–water partition coefficient (Wildman–Crippen LogP) is 10.7. The van der Waals surface area contributed by atoms with Gasteiger partial charge in [0, 0.05) is 18.2 Å². The van der Waals surface area contributed by atoms with Crippen LogP contribution < -0.4 is 34.2 Å². The number of hydrogen-bond donors (Lipinski definition) is 1. The molecule has 0 aliphatic carbocycles. The normalized spacial score (nSPS) is 10.8. The zero-order valence-electron chi connectivity index (χ0n) is 31.9. The van der Waals surface area contributed by atoms with Gasteiger partial charge in [-0.25, -0.2) is 0 Å². The molecule has 0 atom stereocenters. The zero-order chi connectivity index (χ0) is 38.9. The van der Waals surface area contributed by atoms with E-state index in [4.69, 9.17) is 34.2 Å². The van der Waals surface area contributed by atoms with Gasteiger partial charge < -0.3 is 34.2 Å². The number of nitrogens with two attached hydrogens (primary N) is 1. The van der Waals surface area contributed by atoms with E-state index in [-0.39, 0.29) is 0 Å². The molecule has 0 saturated carbocycles. The minimum Gasteiger partial charge on any atom is -0.489 e. The van der Waals surface area contributed by atoms with Crippen molar-refractivity contribution in [1.29, 1.82) is 0 Å². The van der Waals surface area contributed by atoms with Gasteiger partial charge in [0.15, 0.2) is 0 Å². The standard InChI is InChI=1S/C50H47NO6/c51-22-21-42-23-45(56-36-43-25-47(52-32-38-13-5-1-6-14-38)30-48(26-43)53-33-39-15-7-2-8-16-39)29-46(24-42)57-37-44-27-49(54-34-40-17-9-3-10-18-40)31-50(28-44)55-35-41-19-11-4-12-20-41/h1-20,23-31H,21-22,32-37,51H2. The third-order valence-electron chi connectivity index (χ3n) is 9.06. The average Bonchev–Trinajstić information content (AvgIpc) is 3.26. The number of rotatable bonds is 20. The molecule has 7 rings (SSSR count). The van der Waals surface area contributed by atoms with Crippen molar-refractivity contribution in [2.45, 2.75) is 46.1 Å². The van der Waals surface area contributed by atoms with Crippen LogP contribution in [0.15, 0.2) is 176 Å². The predicted molar refractivity (Wildman–Crippen MR) is 224 cm³/mol. The van der Waals surface area contributed by atoms with Gasteiger partial charge in [-0.1, -0.05) is 121 Å². The van der Waals surface area contributed by atoms with Crippen LogP contribution in [0.4, 0.5) is 0 Å². The van der Waals surface area contributed by atoms with Gasteiger partial charge in [-0.05, 0) is 88.3 Å². The Kier molecular flexibility index (Phi) is 13.7. The van der Waals surface area contributed by atoms with E-state index in [9.17, 15) is 0 Å². The van der Waals surface area contributed by atoms with Gasteiger partial charge >= 0.3 is 0 Å². The van der Waals surface area contributed by atoms with Crippen molar-refractivity contribution in [2.24, 2.45) is 5.73 Å². The van der Waals surface area contributed by atoms with Crippen LogP contribution in [0.1, 0.15) is 38.9 Å². The van der Waals surface area contributed by atoms with Crippen LogP contribution in [-0.4, -0.2) is 6.54 Å². The van der Waals surface area contributed by atoms with Crippen molar-refractivity contribution in [1.82, 2.24) is 0 Å². The highest BCUT2D eigenvalue weighted by Crippen LogP contribution is 2.30. The third-order valence-corrected chi connectivity index (χ3v) is 9.06. The molecular formula is C50H47NO6. The molecule has 57 heavy (non-hydrogen) atoms. The van der Waals surface area contributed by atoms with E-state index in [1.165, 1.54) is 0 Å². The molecule has 0 spiro atoms. The van der Waals surface area contributed by atoms with E-state index >= 15 is 0 Å². The van der Waals surface area contributed by atoms with E-state index in [0.29, 0.717) is 87.1 Å². The number of ether oxygens (including phenoxy) is 6. The van der Waals surface area contributed by atoms with Crippen molar-refractivity contribution in [3.63, 3.8) is 0 Å². The fourth-order valence-corrected chi connectivity index (χ4v) is 6.17. The Bertz CT molecular complexity index is 1990. The van der Waals surface area contributed by atoms with Crippen LogP contribution in [0.2, 0.25) is 0 Å². The molecule has 0 aliphatic heterocycles. The van der Waals surface area contributed by atoms with E-state index < -0.39 is 0 Å². The summed E-state index contributed by atoms with van der Waals surface area (Å²) in [5, 5.41) is 0. The number of hydrogen-bond acceptors (Lipinski definition) is 7. The van der Waals surface area contributed by atoms with Crippen LogP contribution in [0.25, 0.3) is 0 Å². The summed E-state index contributed by atoms with van der Waals surface area (Å²) in [5.41, 5.74) is 13.2. The maximum atomic E-state index is 6.42. The number of benzene rings is 7. The summed E-state index contributed by atoms with van der Waals surface area (Å²) in [6, 6.07) is 58.1. The second-order valence-corrected chi connectivity index (χ2v) is 13.7. The van der Waals surface area contributed by atoms with E-state index in [2.05, 4.69) is 0 Å². The second kappa shape index (κ2) is 20.3. The maximum Gasteiger partial charge on any atom is 0.123 e. The topological polar surface area (TPSA) is 81.4 Å². The smallest absolute Gasteiger partial charge is 0.123 e. The van der Waals surface area contributed by atoms with E-state index in [0.717, 1.165) is 38.9 Å². The Labute approximate surface area is 335 Å². The van der Waals surface area contributed by atoms with Gasteiger partial charge in [-0.3, -0.25) is 0 Å². The monoisotopic (exact) mass is 757 g/mol. The fraction of sp³-hybridized carbons (Fsp3) is 0.160. The minimum absolute atomic E-state index is 0.290. The highest BCUT2D eigenvalue weighted by atomic mass is 16.5. The Morgan fingerprint density at radius 1 is 0.263 bits per heavy atom. The van der Waals surface area contributed by atoms with E-state index in [1.807, 2.05) is 176 Å². The summed E-state index contributed by atoms with van der Waals surface area (Å²) >= 11 is 0. The van der Waals surface area contributed by atoms with Crippen LogP contribution >= 0.6 is 0 Å². The zero-order valence-corrected chi connectivity index (χ0v) is 31.9. The van der Waals surface area contributed by atoms with Crippen LogP contribution in [0.3, 0.4) is 0 Å². The Balaban J connectivity index is 1.06. The molecule has 0 amide bonds. The second-order valence-electron chi connectivity index (χ2n) is 13.7. The summed E-state index contributed by atoms with van der Waals surface area (Å²) in [4.78, 5) is 0. The molecule has 0 fully saturated rings. The molecule has 0 radical (unpaired) electrons. The van der Waals surface area contributed by atoms with Gasteiger partial charge in [0.1, 0.15) is 74.1 Å². The molecule has 288 valence electrons. The van der Waals surface area contributed by atoms with Gasteiger partial charge in [0.25, 0.3) is 0 Å². The SMILES string of the molecule is NCCc1cc(OCc2cc(OCc3ccccc3)cc(OCc3ccccc3)c2)cc(OCc2cc(OCc3ccccc3)cc(OCc3ccccc3)c2)c1. The molecule has 0 saturated heterocycles. The highest BCUT2D eigenvalue weighted by Gasteiger charge is 2.11. The Morgan fingerprint density at radius 3 is 0.737 bits per heavy atom. The van der Waals surface area contributed by atoms with Crippen LogP contribution in [0.5, 0.6) is 34.5 Å². The first-order valence-electron chi connectivity index (χ1n) is 19.2. The van der Waals surface area contributed by atoms with Gasteiger partial charge in [0.05, 0.1) is 0 Å². The minimum atomic E-state index is 0.290. The van der Waals surface area contributed by atoms with Gasteiger partial charge in [0.2, 0.25) is 0 Å². The van der Waals surface area contributed by atoms with E-state index in [1.54, 1.807) is 0 Å². The third kappa shape index (κ3) is 12.4. The molecule has 7 aromatic rings. The summed E-state index contributed by atoms with van der Waals surface area (Å²) in [5.74, 6) is 4.14. The Morgan fingerprint density at radius 2 is 0.491 bits per heavy atom. The lowest BCUT2D eigenvalue weighted by molar-refractivity contribution is 0.276. The lowest BCUT2D eigenvalue weighted by atomic mass is 10.1. The first kappa shape index (κ1) is 38.6. The van der Waals surface area contributed by atoms with Crippen molar-refractivity contribution in [2.75, 3.05) is 6.54 Å². The van der Waals surface area contributed by atoms with Crippen molar-refractivity contribution >= 4 is 0 Å². The molecule has 0 bridgehead atoms. The molecule has 2 N–H and O–H groups in total. The Hall–Kier alpha value is -6.70. The molecule has 7 nitrogen and oxygen atoms in total. The average molecular weight is 758 g/mol. The quantitative estimate of drug-likeness (QED) is 0.0829. The summed E-state index contributed by atoms with van der Waals surface area (Å²) in [7, 11) is 0. The molecule has 0 aromatic heterocycles. The lowest BCUT2D eigenvalue weighted by Crippen LogP contribution is -2.05. The van der Waals surface area contributed by atoms with Crippen LogP contribution in [0, 0.1) is 0 Å². The lowest BCUT2D eigenvalue weighted by Gasteiger charge is -2.16. The van der Waals surface area contributed by atoms with Gasteiger partial charge in [-0.2, -0.15) is 0 Å². The first-order valence-corrected chi connectivity index (χ1v) is 19.2. The largest absolute Gasteiger partial charge is 0.489 e. The molecule has 7 aromatic carbocycles. The van der Waals surface area contributed by atoms with Gasteiger partial charge in [-0.15, -0.1) is 0 Å². The molecule has 0 unspecified atom stereocenters. The first-order chi connectivity index (χ1) is 28.1. The summed E-state index contributed by atoms with van der Waals surface area (Å²) < 4.78 is 37.7. The highest BCUT2D eigenvalue weighted by molar-refractivity contribution is 5.42. The van der Waals surface area contributed by atoms with Crippen molar-refractivity contribution < 1.29 is 28.4 Å². The maximum absolute atomic E-state index is 6.42. The molecule has 0 heterocycles. The molecule has 0 aliphatic rings. The molecular weight excluding hydrogens is 711 g/mol. The fourth-order valence-electron chi connectivity index (χ4n) is 6.17. The van der Waals surface area contributed by atoms with Crippen molar-refractivity contribution in [3.8, 4) is 34.5 Å². The summed E-state index contributed by atoms with van der Waals surface area (Å²) in [6.45, 7) is 2.83. The van der Waals surface area contributed by atoms with Crippen molar-refractivity contribution in [3.05, 3.63) is 215 Å². The van der Waals surface area contributed by atoms with Crippen LogP contribution in [-0.2, 0) is 46.1 Å². The summed E-state index contributed by atoms with van der Waals surface area (Å²) in [6.07, 6.45) is 0.675.